The van der Waals surface area contributed by atoms with Crippen molar-refractivity contribution in [3.63, 3.8) is 0 Å². The van der Waals surface area contributed by atoms with Crippen LogP contribution in [0.25, 0.3) is 0 Å². The third kappa shape index (κ3) is 4.45. The number of benzene rings is 1. The lowest BCUT2D eigenvalue weighted by atomic mass is 9.51. The van der Waals surface area contributed by atoms with Crippen molar-refractivity contribution < 1.29 is 9.84 Å². The first-order chi connectivity index (χ1) is 13.6. The highest BCUT2D eigenvalue weighted by Gasteiger charge is 2.57. The van der Waals surface area contributed by atoms with E-state index in [1.807, 2.05) is 6.92 Å². The van der Waals surface area contributed by atoms with Crippen LogP contribution in [-0.2, 0) is 4.74 Å². The Balaban J connectivity index is 1.94. The number of aliphatic hydroxyl groups excluding tert-OH is 1. The van der Waals surface area contributed by atoms with Crippen LogP contribution in [0.1, 0.15) is 85.3 Å². The topological polar surface area (TPSA) is 29.5 Å². The van der Waals surface area contributed by atoms with Gasteiger partial charge in [-0.2, -0.15) is 0 Å². The van der Waals surface area contributed by atoms with Gasteiger partial charge in [-0.1, -0.05) is 62.7 Å². The molecule has 2 aliphatic carbocycles. The molecule has 2 saturated carbocycles. The average Bonchev–Trinajstić information content (AvgIpc) is 2.99. The van der Waals surface area contributed by atoms with Gasteiger partial charge in [0.05, 0.1) is 18.3 Å². The molecule has 0 aliphatic heterocycles. The van der Waals surface area contributed by atoms with Crippen LogP contribution in [-0.4, -0.2) is 17.3 Å². The Morgan fingerprint density at radius 3 is 2.41 bits per heavy atom. The van der Waals surface area contributed by atoms with Crippen LogP contribution in [0.5, 0.6) is 0 Å². The van der Waals surface area contributed by atoms with Crippen molar-refractivity contribution in [3.8, 4) is 0 Å². The smallest absolute Gasteiger partial charge is 0.0861 e. The molecule has 0 amide bonds. The van der Waals surface area contributed by atoms with Crippen molar-refractivity contribution >= 4 is 11.6 Å². The van der Waals surface area contributed by atoms with E-state index in [0.29, 0.717) is 18.3 Å². The maximum absolute atomic E-state index is 9.86. The fraction of sp³-hybridized carbons (Fsp3) is 0.692. The largest absolute Gasteiger partial charge is 0.393 e. The molecule has 6 atom stereocenters. The van der Waals surface area contributed by atoms with E-state index in [1.165, 1.54) is 24.0 Å². The Labute approximate surface area is 182 Å². The first kappa shape index (κ1) is 22.8. The average molecular weight is 419 g/mol. The summed E-state index contributed by atoms with van der Waals surface area (Å²) < 4.78 is 6.68. The Hall–Kier alpha value is -0.830. The summed E-state index contributed by atoms with van der Waals surface area (Å²) in [6.45, 7) is 13.3. The van der Waals surface area contributed by atoms with Crippen LogP contribution < -0.4 is 0 Å². The van der Waals surface area contributed by atoms with Crippen molar-refractivity contribution in [3.05, 3.63) is 46.5 Å². The molecule has 0 heterocycles. The molecule has 1 aromatic carbocycles. The number of halogens is 1. The summed E-state index contributed by atoms with van der Waals surface area (Å²) in [6.07, 6.45) is 5.03. The van der Waals surface area contributed by atoms with Gasteiger partial charge in [-0.05, 0) is 86.7 Å². The molecule has 1 N–H and O–H groups in total. The van der Waals surface area contributed by atoms with Crippen molar-refractivity contribution in [1.29, 1.82) is 0 Å². The molecule has 0 radical (unpaired) electrons. The van der Waals surface area contributed by atoms with Crippen LogP contribution in [0.15, 0.2) is 40.9 Å². The van der Waals surface area contributed by atoms with Gasteiger partial charge in [0.25, 0.3) is 0 Å². The van der Waals surface area contributed by atoms with Gasteiger partial charge in [-0.15, -0.1) is 0 Å². The van der Waals surface area contributed by atoms with Crippen LogP contribution in [0.4, 0.5) is 0 Å². The number of allylic oxidation sites excluding steroid dienone is 2. The zero-order valence-corrected chi connectivity index (χ0v) is 19.8. The lowest BCUT2D eigenvalue weighted by molar-refractivity contribution is -0.123. The predicted molar refractivity (Wildman–Crippen MR) is 122 cm³/mol. The molecule has 29 heavy (non-hydrogen) atoms. The molecule has 2 fully saturated rings. The molecule has 3 rings (SSSR count). The highest BCUT2D eigenvalue weighted by atomic mass is 35.5. The van der Waals surface area contributed by atoms with E-state index in [2.05, 4.69) is 65.0 Å². The summed E-state index contributed by atoms with van der Waals surface area (Å²) >= 11 is 6.53. The zero-order chi connectivity index (χ0) is 21.4. The third-order valence-corrected chi connectivity index (χ3v) is 8.16. The van der Waals surface area contributed by atoms with Gasteiger partial charge in [-0.25, -0.2) is 0 Å². The molecule has 1 aromatic rings. The van der Waals surface area contributed by atoms with E-state index in [4.69, 9.17) is 16.3 Å². The standard InChI is InChI=1S/C26H39ClO2/c1-17(28)16-18(2)29-24(20-10-8-7-9-11-20)22-14-15-26(6)21(19(3)27)12-13-23(26)25(22,4)5/h7-11,17-18,22-24,28H,12-16H2,1-6H3/t17-,18-,22?,23?,24?,26+/m0/s1. The monoisotopic (exact) mass is 418 g/mol. The fourth-order valence-electron chi connectivity index (χ4n) is 6.65. The molecule has 162 valence electrons. The molecule has 0 bridgehead atoms. The molecule has 3 unspecified atom stereocenters. The maximum atomic E-state index is 9.86. The first-order valence-electron chi connectivity index (χ1n) is 11.3. The van der Waals surface area contributed by atoms with Crippen molar-refractivity contribution in [1.82, 2.24) is 0 Å². The number of fused-ring (bicyclic) bond motifs is 1. The number of hydrogen-bond acceptors (Lipinski definition) is 2. The van der Waals surface area contributed by atoms with E-state index in [0.717, 1.165) is 17.9 Å². The van der Waals surface area contributed by atoms with Gasteiger partial charge in [0, 0.05) is 5.03 Å². The van der Waals surface area contributed by atoms with E-state index in [9.17, 15) is 5.11 Å². The van der Waals surface area contributed by atoms with Crippen LogP contribution >= 0.6 is 11.6 Å². The number of aliphatic hydroxyl groups is 1. The molecule has 3 heteroatoms. The molecule has 2 nitrogen and oxygen atoms in total. The van der Waals surface area contributed by atoms with Gasteiger partial charge in [-0.3, -0.25) is 0 Å². The number of hydrogen-bond donors (Lipinski definition) is 1. The second kappa shape index (κ2) is 8.73. The second-order valence-electron chi connectivity index (χ2n) is 10.3. The summed E-state index contributed by atoms with van der Waals surface area (Å²) in [7, 11) is 0. The minimum Gasteiger partial charge on any atom is -0.393 e. The Kier molecular flexibility index (Phi) is 6.88. The van der Waals surface area contributed by atoms with Crippen molar-refractivity contribution in [2.45, 2.75) is 92.0 Å². The Morgan fingerprint density at radius 1 is 1.17 bits per heavy atom. The zero-order valence-electron chi connectivity index (χ0n) is 19.0. The van der Waals surface area contributed by atoms with Gasteiger partial charge in [0.2, 0.25) is 0 Å². The van der Waals surface area contributed by atoms with Gasteiger partial charge >= 0.3 is 0 Å². The first-order valence-corrected chi connectivity index (χ1v) is 11.7. The minimum atomic E-state index is -0.349. The molecule has 0 spiro atoms. The summed E-state index contributed by atoms with van der Waals surface area (Å²) in [6, 6.07) is 10.7. The lowest BCUT2D eigenvalue weighted by Gasteiger charge is -2.54. The Bertz CT molecular complexity index is 719. The normalized spacial score (nSPS) is 33.7. The molecular weight excluding hydrogens is 380 g/mol. The van der Waals surface area contributed by atoms with Crippen LogP contribution in [0, 0.1) is 22.7 Å². The predicted octanol–water partition coefficient (Wildman–Crippen LogP) is 7.27. The van der Waals surface area contributed by atoms with E-state index in [1.54, 1.807) is 0 Å². The highest BCUT2D eigenvalue weighted by Crippen LogP contribution is 2.66. The van der Waals surface area contributed by atoms with Gasteiger partial charge < -0.3 is 9.84 Å². The number of rotatable bonds is 6. The molecule has 0 aromatic heterocycles. The van der Waals surface area contributed by atoms with E-state index < -0.39 is 0 Å². The van der Waals surface area contributed by atoms with Crippen LogP contribution in [0.3, 0.4) is 0 Å². The van der Waals surface area contributed by atoms with Crippen molar-refractivity contribution in [2.24, 2.45) is 22.7 Å². The van der Waals surface area contributed by atoms with Gasteiger partial charge in [0.15, 0.2) is 0 Å². The second-order valence-corrected chi connectivity index (χ2v) is 10.9. The van der Waals surface area contributed by atoms with Crippen molar-refractivity contribution in [2.75, 3.05) is 0 Å². The fourth-order valence-corrected chi connectivity index (χ4v) is 6.96. The number of ether oxygens (including phenoxy) is 1. The quantitative estimate of drug-likeness (QED) is 0.526. The highest BCUT2D eigenvalue weighted by molar-refractivity contribution is 6.29. The summed E-state index contributed by atoms with van der Waals surface area (Å²) in [5, 5.41) is 10.9. The third-order valence-electron chi connectivity index (χ3n) is 7.93. The molecule has 0 saturated heterocycles. The van der Waals surface area contributed by atoms with E-state index >= 15 is 0 Å². The maximum Gasteiger partial charge on any atom is 0.0861 e. The van der Waals surface area contributed by atoms with E-state index in [-0.39, 0.29) is 29.1 Å². The van der Waals surface area contributed by atoms with Crippen LogP contribution in [0.2, 0.25) is 0 Å². The lowest BCUT2D eigenvalue weighted by Crippen LogP contribution is -2.47. The summed E-state index contributed by atoms with van der Waals surface area (Å²) in [5.74, 6) is 1.05. The molecule has 2 aliphatic rings. The summed E-state index contributed by atoms with van der Waals surface area (Å²) in [4.78, 5) is 0. The minimum absolute atomic E-state index is 0.0217. The summed E-state index contributed by atoms with van der Waals surface area (Å²) in [5.41, 5.74) is 3.09. The Morgan fingerprint density at radius 2 is 1.83 bits per heavy atom. The SMILES string of the molecule is CC(Cl)=C1CCC2C(C)(C)C(C(O[C@@H](C)C[C@H](C)O)c3ccccc3)CC[C@]12C. The van der Waals surface area contributed by atoms with Gasteiger partial charge in [0.1, 0.15) is 0 Å². The molecular formula is C26H39ClO2.